The quantitative estimate of drug-likeness (QED) is 0.565. The summed E-state index contributed by atoms with van der Waals surface area (Å²) in [6.45, 7) is 2.86. The van der Waals surface area contributed by atoms with E-state index in [2.05, 4.69) is 26.6 Å². The number of halogens is 3. The smallest absolute Gasteiger partial charge is 0.355 e. The van der Waals surface area contributed by atoms with Gasteiger partial charge in [0.2, 0.25) is 0 Å². The zero-order valence-corrected chi connectivity index (χ0v) is 17.5. The second-order valence-corrected chi connectivity index (χ2v) is 8.84. The number of aryl methyl sites for hydroxylation is 1. The van der Waals surface area contributed by atoms with Gasteiger partial charge in [-0.3, -0.25) is 10.4 Å². The van der Waals surface area contributed by atoms with Crippen LogP contribution < -0.4 is 10.3 Å². The Hall–Kier alpha value is -2.75. The molecule has 2 fully saturated rings. The maximum atomic E-state index is 12.9. The summed E-state index contributed by atoms with van der Waals surface area (Å²) in [5.74, 6) is 0.370. The highest BCUT2D eigenvalue weighted by Crippen LogP contribution is 2.42. The number of hydrogen-bond acceptors (Lipinski definition) is 5. The highest BCUT2D eigenvalue weighted by molar-refractivity contribution is 7.80. The molecule has 0 aromatic carbocycles. The first-order chi connectivity index (χ1) is 14.8. The van der Waals surface area contributed by atoms with Crippen LogP contribution in [0.5, 0.6) is 0 Å². The van der Waals surface area contributed by atoms with Crippen molar-refractivity contribution in [3.05, 3.63) is 53.5 Å². The van der Waals surface area contributed by atoms with Gasteiger partial charge in [0.25, 0.3) is 0 Å². The largest absolute Gasteiger partial charge is 0.416 e. The molecule has 2 aliphatic heterocycles. The summed E-state index contributed by atoms with van der Waals surface area (Å²) in [5, 5.41) is 5.08. The van der Waals surface area contributed by atoms with Crippen molar-refractivity contribution in [1.29, 1.82) is 0 Å². The van der Waals surface area contributed by atoms with Crippen LogP contribution in [0.4, 0.5) is 19.0 Å². The van der Waals surface area contributed by atoms with Crippen LogP contribution in [0.15, 0.2) is 41.8 Å². The van der Waals surface area contributed by atoms with Crippen molar-refractivity contribution in [3.8, 4) is 0 Å². The Bertz CT molecular complexity index is 1040. The van der Waals surface area contributed by atoms with Gasteiger partial charge in [0.05, 0.1) is 17.0 Å². The summed E-state index contributed by atoms with van der Waals surface area (Å²) in [5.41, 5.74) is 5.45. The number of likely N-dealkylation sites (tertiary alicyclic amines) is 1. The number of hydrazone groups is 1. The predicted octanol–water partition coefficient (Wildman–Crippen LogP) is 3.23. The second-order valence-electron chi connectivity index (χ2n) is 8.45. The summed E-state index contributed by atoms with van der Waals surface area (Å²) in [4.78, 5) is 12.5. The SMILES string of the molecule is FC(F)(F)c1ccnc(N2CC3(CN(C(=S)N/N=C4/CCCc5cccnc54)C3)C2)c1. The van der Waals surface area contributed by atoms with Crippen molar-refractivity contribution < 1.29 is 13.2 Å². The van der Waals surface area contributed by atoms with Gasteiger partial charge in [0.1, 0.15) is 5.82 Å². The Balaban J connectivity index is 1.15. The monoisotopic (exact) mass is 446 g/mol. The third-order valence-corrected chi connectivity index (χ3v) is 6.45. The molecule has 3 aliphatic rings. The molecule has 10 heteroatoms. The van der Waals surface area contributed by atoms with E-state index in [4.69, 9.17) is 12.2 Å². The minimum Gasteiger partial charge on any atom is -0.355 e. The number of nitrogens with zero attached hydrogens (tertiary/aromatic N) is 5. The highest BCUT2D eigenvalue weighted by atomic mass is 32.1. The van der Waals surface area contributed by atoms with E-state index in [1.165, 1.54) is 11.8 Å². The lowest BCUT2D eigenvalue weighted by molar-refractivity contribution is -0.137. The van der Waals surface area contributed by atoms with Crippen LogP contribution in [0.1, 0.15) is 29.7 Å². The Labute approximate surface area is 183 Å². The normalized spacial score (nSPS) is 20.8. The fourth-order valence-electron chi connectivity index (χ4n) is 4.56. The van der Waals surface area contributed by atoms with Gasteiger partial charge in [-0.05, 0) is 55.2 Å². The van der Waals surface area contributed by atoms with Crippen LogP contribution >= 0.6 is 12.2 Å². The van der Waals surface area contributed by atoms with Crippen LogP contribution in [-0.4, -0.2) is 51.9 Å². The molecule has 31 heavy (non-hydrogen) atoms. The van der Waals surface area contributed by atoms with E-state index in [-0.39, 0.29) is 5.41 Å². The lowest BCUT2D eigenvalue weighted by atomic mass is 9.73. The van der Waals surface area contributed by atoms with Crippen molar-refractivity contribution in [1.82, 2.24) is 20.3 Å². The Morgan fingerprint density at radius 1 is 1.10 bits per heavy atom. The van der Waals surface area contributed by atoms with Crippen LogP contribution in [0.3, 0.4) is 0 Å². The number of rotatable bonds is 2. The Morgan fingerprint density at radius 3 is 2.68 bits per heavy atom. The van der Waals surface area contributed by atoms with E-state index in [1.54, 1.807) is 6.20 Å². The molecule has 0 atom stereocenters. The third kappa shape index (κ3) is 3.84. The lowest BCUT2D eigenvalue weighted by Crippen LogP contribution is -2.73. The number of aromatic nitrogens is 2. The summed E-state index contributed by atoms with van der Waals surface area (Å²) in [7, 11) is 0. The number of hydrogen-bond donors (Lipinski definition) is 1. The summed E-state index contributed by atoms with van der Waals surface area (Å²) in [6, 6.07) is 6.13. The zero-order valence-electron chi connectivity index (χ0n) is 16.7. The third-order valence-electron chi connectivity index (χ3n) is 6.10. The van der Waals surface area contributed by atoms with Gasteiger partial charge >= 0.3 is 6.18 Å². The average Bonchev–Trinajstić information content (AvgIpc) is 2.70. The molecule has 1 N–H and O–H groups in total. The number of pyridine rings is 2. The molecule has 0 saturated carbocycles. The fraction of sp³-hybridized carbons (Fsp3) is 0.429. The molecule has 0 radical (unpaired) electrons. The number of alkyl halides is 3. The molecule has 1 aliphatic carbocycles. The molecule has 162 valence electrons. The van der Waals surface area contributed by atoms with Crippen molar-refractivity contribution in [2.45, 2.75) is 25.4 Å². The summed E-state index contributed by atoms with van der Waals surface area (Å²) < 4.78 is 38.8. The van der Waals surface area contributed by atoms with Crippen LogP contribution in [0.2, 0.25) is 0 Å². The molecule has 2 aromatic rings. The molecule has 0 amide bonds. The first-order valence-electron chi connectivity index (χ1n) is 10.2. The number of anilines is 1. The van der Waals surface area contributed by atoms with Crippen molar-refractivity contribution in [2.75, 3.05) is 31.1 Å². The molecule has 0 unspecified atom stereocenters. The molecule has 5 rings (SSSR count). The number of thiocarbonyl (C=S) groups is 1. The maximum absolute atomic E-state index is 12.9. The van der Waals surface area contributed by atoms with Gasteiger partial charge < -0.3 is 9.80 Å². The van der Waals surface area contributed by atoms with E-state index >= 15 is 0 Å². The van der Waals surface area contributed by atoms with Gasteiger partial charge in [0.15, 0.2) is 5.11 Å². The van der Waals surface area contributed by atoms with Gasteiger partial charge in [-0.1, -0.05) is 6.07 Å². The number of fused-ring (bicyclic) bond motifs is 1. The molecule has 2 aromatic heterocycles. The molecular formula is C21H21F3N6S. The maximum Gasteiger partial charge on any atom is 0.416 e. The van der Waals surface area contributed by atoms with Gasteiger partial charge in [-0.2, -0.15) is 18.3 Å². The van der Waals surface area contributed by atoms with Crippen LogP contribution in [0, 0.1) is 5.41 Å². The topological polar surface area (TPSA) is 56.7 Å². The van der Waals surface area contributed by atoms with Crippen LogP contribution in [-0.2, 0) is 12.6 Å². The van der Waals surface area contributed by atoms with E-state index in [0.717, 1.165) is 55.9 Å². The highest BCUT2D eigenvalue weighted by Gasteiger charge is 2.53. The minimum atomic E-state index is -4.36. The molecule has 6 nitrogen and oxygen atoms in total. The molecule has 1 spiro atoms. The Morgan fingerprint density at radius 2 is 1.90 bits per heavy atom. The zero-order chi connectivity index (χ0) is 21.6. The predicted molar refractivity (Wildman–Crippen MR) is 115 cm³/mol. The fourth-order valence-corrected chi connectivity index (χ4v) is 4.73. The summed E-state index contributed by atoms with van der Waals surface area (Å²) >= 11 is 5.49. The Kier molecular flexibility index (Phi) is 4.84. The molecule has 4 heterocycles. The second kappa shape index (κ2) is 7.44. The molecule has 0 bridgehead atoms. The van der Waals surface area contributed by atoms with Gasteiger partial charge in [-0.15, -0.1) is 0 Å². The number of nitrogens with one attached hydrogen (secondary N) is 1. The molecular weight excluding hydrogens is 425 g/mol. The van der Waals surface area contributed by atoms with Gasteiger partial charge in [-0.25, -0.2) is 4.98 Å². The van der Waals surface area contributed by atoms with E-state index < -0.39 is 11.7 Å². The van der Waals surface area contributed by atoms with Crippen LogP contribution in [0.25, 0.3) is 0 Å². The first kappa shape index (κ1) is 20.2. The van der Waals surface area contributed by atoms with Crippen molar-refractivity contribution >= 4 is 28.9 Å². The average molecular weight is 447 g/mol. The van der Waals surface area contributed by atoms with Gasteiger partial charge in [0, 0.05) is 44.0 Å². The summed E-state index contributed by atoms with van der Waals surface area (Å²) in [6.07, 6.45) is 1.55. The van der Waals surface area contributed by atoms with E-state index in [0.29, 0.717) is 24.0 Å². The van der Waals surface area contributed by atoms with Crippen molar-refractivity contribution in [2.24, 2.45) is 10.5 Å². The molecule has 2 saturated heterocycles. The van der Waals surface area contributed by atoms with Crippen molar-refractivity contribution in [3.63, 3.8) is 0 Å². The van der Waals surface area contributed by atoms with E-state index in [1.807, 2.05) is 15.9 Å². The first-order valence-corrected chi connectivity index (χ1v) is 10.6. The standard InChI is InChI=1S/C21H21F3N6S/c22-21(23,24)15-6-8-25-17(9-15)29-10-20(11-29)12-30(13-20)19(31)28-27-16-5-1-3-14-4-2-7-26-18(14)16/h2,4,6-9H,1,3,5,10-13H2,(H,28,31)/b27-16-. The minimum absolute atomic E-state index is 0.0494. The lowest BCUT2D eigenvalue weighted by Gasteiger charge is -2.60. The van der Waals surface area contributed by atoms with E-state index in [9.17, 15) is 13.2 Å².